The van der Waals surface area contributed by atoms with E-state index in [4.69, 9.17) is 5.11 Å². The van der Waals surface area contributed by atoms with E-state index in [-0.39, 0.29) is 19.6 Å². The summed E-state index contributed by atoms with van der Waals surface area (Å²) in [6.07, 6.45) is -0.533. The molecule has 0 spiro atoms. The van der Waals surface area contributed by atoms with E-state index in [1.807, 2.05) is 0 Å². The standard InChI is InChI=1S/C8H15NO6S/c1-2-15-8(12)3-5-9-16(13,14)6-4-7(10)11/h9H,2-6H2,1H3,(H,10,11). The summed E-state index contributed by atoms with van der Waals surface area (Å²) < 4.78 is 29.0. The van der Waals surface area contributed by atoms with Crippen molar-refractivity contribution in [1.82, 2.24) is 4.72 Å². The number of esters is 1. The Hall–Kier alpha value is -1.15. The maximum absolute atomic E-state index is 11.1. The van der Waals surface area contributed by atoms with E-state index in [9.17, 15) is 18.0 Å². The van der Waals surface area contributed by atoms with E-state index < -0.39 is 34.1 Å². The van der Waals surface area contributed by atoms with E-state index in [0.717, 1.165) is 0 Å². The van der Waals surface area contributed by atoms with Gasteiger partial charge in [-0.05, 0) is 6.92 Å². The predicted octanol–water partition coefficient (Wildman–Crippen LogP) is -0.666. The first-order valence-electron chi connectivity index (χ1n) is 4.72. The summed E-state index contributed by atoms with van der Waals surface area (Å²) in [7, 11) is -3.63. The van der Waals surface area contributed by atoms with Crippen LogP contribution in [0.2, 0.25) is 0 Å². The number of carbonyl (C=O) groups is 2. The van der Waals surface area contributed by atoms with Gasteiger partial charge in [0.1, 0.15) is 0 Å². The van der Waals surface area contributed by atoms with Gasteiger partial charge in [0.05, 0.1) is 25.2 Å². The molecule has 0 unspecified atom stereocenters. The minimum Gasteiger partial charge on any atom is -0.481 e. The lowest BCUT2D eigenvalue weighted by Crippen LogP contribution is -2.29. The van der Waals surface area contributed by atoms with Gasteiger partial charge in [0.15, 0.2) is 0 Å². The second-order valence-electron chi connectivity index (χ2n) is 2.91. The van der Waals surface area contributed by atoms with Crippen molar-refractivity contribution in [2.75, 3.05) is 18.9 Å². The summed E-state index contributed by atoms with van der Waals surface area (Å²) in [5.74, 6) is -2.18. The van der Waals surface area contributed by atoms with Gasteiger partial charge in [-0.3, -0.25) is 9.59 Å². The minimum absolute atomic E-state index is 0.0693. The molecule has 0 saturated carbocycles. The lowest BCUT2D eigenvalue weighted by atomic mass is 10.4. The molecule has 0 radical (unpaired) electrons. The van der Waals surface area contributed by atoms with Gasteiger partial charge in [0.2, 0.25) is 10.0 Å². The third-order valence-corrected chi connectivity index (χ3v) is 2.93. The number of nitrogens with one attached hydrogen (secondary N) is 1. The fraction of sp³-hybridized carbons (Fsp3) is 0.750. The average molecular weight is 253 g/mol. The van der Waals surface area contributed by atoms with Crippen molar-refractivity contribution in [2.24, 2.45) is 0 Å². The molecule has 0 heterocycles. The number of hydrogen-bond acceptors (Lipinski definition) is 5. The highest BCUT2D eigenvalue weighted by atomic mass is 32.2. The van der Waals surface area contributed by atoms with Crippen LogP contribution in [0.25, 0.3) is 0 Å². The van der Waals surface area contributed by atoms with Crippen LogP contribution in [0.1, 0.15) is 19.8 Å². The number of rotatable bonds is 8. The summed E-state index contributed by atoms with van der Waals surface area (Å²) in [6.45, 7) is 1.81. The Bertz CT molecular complexity index is 336. The molecule has 0 fully saturated rings. The third-order valence-electron chi connectivity index (χ3n) is 1.54. The number of sulfonamides is 1. The zero-order chi connectivity index (χ0) is 12.6. The topological polar surface area (TPSA) is 110 Å². The van der Waals surface area contributed by atoms with Crippen LogP contribution in [0.15, 0.2) is 0 Å². The van der Waals surface area contributed by atoms with Crippen LogP contribution >= 0.6 is 0 Å². The zero-order valence-corrected chi connectivity index (χ0v) is 9.75. The van der Waals surface area contributed by atoms with Gasteiger partial charge in [-0.1, -0.05) is 0 Å². The summed E-state index contributed by atoms with van der Waals surface area (Å²) in [4.78, 5) is 21.0. The molecular weight excluding hydrogens is 238 g/mol. The second kappa shape index (κ2) is 7.18. The Morgan fingerprint density at radius 3 is 2.44 bits per heavy atom. The maximum atomic E-state index is 11.1. The molecule has 0 aromatic heterocycles. The molecule has 0 saturated heterocycles. The number of ether oxygens (including phenoxy) is 1. The molecule has 16 heavy (non-hydrogen) atoms. The quantitative estimate of drug-likeness (QED) is 0.555. The smallest absolute Gasteiger partial charge is 0.307 e. The molecule has 2 N–H and O–H groups in total. The van der Waals surface area contributed by atoms with Crippen molar-refractivity contribution in [1.29, 1.82) is 0 Å². The molecule has 0 amide bonds. The van der Waals surface area contributed by atoms with Crippen molar-refractivity contribution < 1.29 is 27.9 Å². The summed E-state index contributed by atoms with van der Waals surface area (Å²) in [6, 6.07) is 0. The fourth-order valence-electron chi connectivity index (χ4n) is 0.836. The van der Waals surface area contributed by atoms with E-state index >= 15 is 0 Å². The SMILES string of the molecule is CCOC(=O)CCNS(=O)(=O)CCC(=O)O. The van der Waals surface area contributed by atoms with Gasteiger partial charge >= 0.3 is 11.9 Å². The highest BCUT2D eigenvalue weighted by Gasteiger charge is 2.12. The van der Waals surface area contributed by atoms with Crippen LogP contribution in [-0.4, -0.2) is 44.4 Å². The van der Waals surface area contributed by atoms with Gasteiger partial charge < -0.3 is 9.84 Å². The molecule has 94 valence electrons. The molecule has 0 aromatic rings. The largest absolute Gasteiger partial charge is 0.481 e. The molecule has 7 nitrogen and oxygen atoms in total. The molecule has 0 rings (SSSR count). The Kier molecular flexibility index (Phi) is 6.66. The number of carboxylic acids is 1. The number of hydrogen-bond donors (Lipinski definition) is 2. The van der Waals surface area contributed by atoms with E-state index in [1.165, 1.54) is 0 Å². The van der Waals surface area contributed by atoms with Crippen molar-refractivity contribution in [3.63, 3.8) is 0 Å². The first kappa shape index (κ1) is 14.8. The molecule has 0 aromatic carbocycles. The summed E-state index contributed by atoms with van der Waals surface area (Å²) in [5.41, 5.74) is 0. The number of carbonyl (C=O) groups excluding carboxylic acids is 1. The number of carboxylic acid groups (broad SMARTS) is 1. The van der Waals surface area contributed by atoms with Crippen LogP contribution in [-0.2, 0) is 24.3 Å². The molecule has 0 aliphatic rings. The van der Waals surface area contributed by atoms with Crippen LogP contribution in [0.3, 0.4) is 0 Å². The Morgan fingerprint density at radius 1 is 1.31 bits per heavy atom. The summed E-state index contributed by atoms with van der Waals surface area (Å²) in [5, 5.41) is 8.29. The molecule has 0 aliphatic heterocycles. The van der Waals surface area contributed by atoms with E-state index in [1.54, 1.807) is 6.92 Å². The first-order valence-corrected chi connectivity index (χ1v) is 6.37. The number of aliphatic carboxylic acids is 1. The van der Waals surface area contributed by atoms with Gasteiger partial charge in [-0.25, -0.2) is 13.1 Å². The maximum Gasteiger partial charge on any atom is 0.307 e. The van der Waals surface area contributed by atoms with E-state index in [0.29, 0.717) is 0 Å². The van der Waals surface area contributed by atoms with Crippen molar-refractivity contribution in [3.8, 4) is 0 Å². The van der Waals surface area contributed by atoms with E-state index in [2.05, 4.69) is 9.46 Å². The predicted molar refractivity (Wildman–Crippen MR) is 55.3 cm³/mol. The van der Waals surface area contributed by atoms with Crippen LogP contribution in [0.4, 0.5) is 0 Å². The third kappa shape index (κ3) is 8.18. The highest BCUT2D eigenvalue weighted by molar-refractivity contribution is 7.89. The molecule has 0 atom stereocenters. The Morgan fingerprint density at radius 2 is 1.94 bits per heavy atom. The second-order valence-corrected chi connectivity index (χ2v) is 4.84. The van der Waals surface area contributed by atoms with Crippen LogP contribution in [0, 0.1) is 0 Å². The van der Waals surface area contributed by atoms with Crippen molar-refractivity contribution in [3.05, 3.63) is 0 Å². The van der Waals surface area contributed by atoms with Crippen LogP contribution < -0.4 is 4.72 Å². The fourth-order valence-corrected chi connectivity index (χ4v) is 1.84. The first-order chi connectivity index (χ1) is 7.37. The normalized spacial score (nSPS) is 11.1. The molecular formula is C8H15NO6S. The van der Waals surface area contributed by atoms with Gasteiger partial charge in [-0.15, -0.1) is 0 Å². The molecule has 0 bridgehead atoms. The zero-order valence-electron chi connectivity index (χ0n) is 8.93. The molecule has 8 heteroatoms. The van der Waals surface area contributed by atoms with Crippen molar-refractivity contribution in [2.45, 2.75) is 19.8 Å². The van der Waals surface area contributed by atoms with Crippen molar-refractivity contribution >= 4 is 22.0 Å². The highest BCUT2D eigenvalue weighted by Crippen LogP contribution is 1.91. The monoisotopic (exact) mass is 253 g/mol. The average Bonchev–Trinajstić information content (AvgIpc) is 2.15. The summed E-state index contributed by atoms with van der Waals surface area (Å²) >= 11 is 0. The Balaban J connectivity index is 3.82. The van der Waals surface area contributed by atoms with Gasteiger partial charge in [0.25, 0.3) is 0 Å². The minimum atomic E-state index is -3.63. The lowest BCUT2D eigenvalue weighted by Gasteiger charge is -2.05. The Labute approximate surface area is 93.8 Å². The van der Waals surface area contributed by atoms with Gasteiger partial charge in [-0.2, -0.15) is 0 Å². The van der Waals surface area contributed by atoms with Gasteiger partial charge in [0, 0.05) is 6.54 Å². The van der Waals surface area contributed by atoms with Crippen LogP contribution in [0.5, 0.6) is 0 Å². The lowest BCUT2D eigenvalue weighted by molar-refractivity contribution is -0.143. The molecule has 0 aliphatic carbocycles.